The standard InChI is InChI=1S/C22H18N4OS/c27-21(12-11-17-13-24-26(15-17)20-9-5-2-6-10-20)23-14-19-16-28-22(25-19)18-7-3-1-4-8-18/h1-13,15-16H,14H2,(H,23,27). The van der Waals surface area contributed by atoms with Crippen LogP contribution in [0.5, 0.6) is 0 Å². The van der Waals surface area contributed by atoms with Gasteiger partial charge in [0.05, 0.1) is 24.1 Å². The molecule has 1 amide bonds. The molecule has 0 unspecified atom stereocenters. The maximum Gasteiger partial charge on any atom is 0.244 e. The average Bonchev–Trinajstić information content (AvgIpc) is 3.42. The highest BCUT2D eigenvalue weighted by atomic mass is 32.1. The van der Waals surface area contributed by atoms with E-state index < -0.39 is 0 Å². The first-order valence-electron chi connectivity index (χ1n) is 8.84. The quantitative estimate of drug-likeness (QED) is 0.502. The van der Waals surface area contributed by atoms with Crippen molar-refractivity contribution >= 4 is 23.3 Å². The summed E-state index contributed by atoms with van der Waals surface area (Å²) in [6.45, 7) is 0.399. The predicted octanol–water partition coefficient (Wildman–Crippen LogP) is 4.33. The summed E-state index contributed by atoms with van der Waals surface area (Å²) < 4.78 is 1.78. The van der Waals surface area contributed by atoms with Gasteiger partial charge in [0.2, 0.25) is 5.91 Å². The van der Waals surface area contributed by atoms with Crippen LogP contribution in [0.3, 0.4) is 0 Å². The number of carbonyl (C=O) groups excluding carboxylic acids is 1. The zero-order chi connectivity index (χ0) is 19.2. The largest absolute Gasteiger partial charge is 0.347 e. The molecule has 4 rings (SSSR count). The Morgan fingerprint density at radius 3 is 2.61 bits per heavy atom. The highest BCUT2D eigenvalue weighted by Crippen LogP contribution is 2.23. The molecule has 4 aromatic rings. The van der Waals surface area contributed by atoms with Gasteiger partial charge in [-0.25, -0.2) is 9.67 Å². The fraction of sp³-hybridized carbons (Fsp3) is 0.0455. The summed E-state index contributed by atoms with van der Waals surface area (Å²) in [6.07, 6.45) is 6.87. The van der Waals surface area contributed by atoms with Crippen molar-refractivity contribution in [2.24, 2.45) is 0 Å². The lowest BCUT2D eigenvalue weighted by Gasteiger charge is -1.99. The Morgan fingerprint density at radius 2 is 1.82 bits per heavy atom. The third-order valence-electron chi connectivity index (χ3n) is 4.07. The Balaban J connectivity index is 1.33. The van der Waals surface area contributed by atoms with Gasteiger partial charge < -0.3 is 5.32 Å². The smallest absolute Gasteiger partial charge is 0.244 e. The number of hydrogen-bond donors (Lipinski definition) is 1. The van der Waals surface area contributed by atoms with Crippen LogP contribution in [0.25, 0.3) is 22.3 Å². The first kappa shape index (κ1) is 17.9. The lowest BCUT2D eigenvalue weighted by Crippen LogP contribution is -2.20. The monoisotopic (exact) mass is 386 g/mol. The van der Waals surface area contributed by atoms with Crippen LogP contribution in [0.4, 0.5) is 0 Å². The van der Waals surface area contributed by atoms with Crippen molar-refractivity contribution in [3.8, 4) is 16.3 Å². The molecule has 0 spiro atoms. The Hall–Kier alpha value is -3.51. The molecule has 0 atom stereocenters. The van der Waals surface area contributed by atoms with Crippen molar-refractivity contribution < 1.29 is 4.79 Å². The van der Waals surface area contributed by atoms with Crippen LogP contribution >= 0.6 is 11.3 Å². The molecule has 28 heavy (non-hydrogen) atoms. The van der Waals surface area contributed by atoms with Crippen molar-refractivity contribution in [2.45, 2.75) is 6.54 Å². The maximum absolute atomic E-state index is 12.1. The lowest BCUT2D eigenvalue weighted by molar-refractivity contribution is -0.116. The maximum atomic E-state index is 12.1. The number of nitrogens with zero attached hydrogens (tertiary/aromatic N) is 3. The summed E-state index contributed by atoms with van der Waals surface area (Å²) in [5.74, 6) is -0.165. The first-order chi connectivity index (χ1) is 13.8. The molecule has 0 bridgehead atoms. The van der Waals surface area contributed by atoms with E-state index in [0.29, 0.717) is 6.54 Å². The van der Waals surface area contributed by atoms with E-state index in [4.69, 9.17) is 0 Å². The molecule has 2 aromatic heterocycles. The van der Waals surface area contributed by atoms with Gasteiger partial charge >= 0.3 is 0 Å². The number of carbonyl (C=O) groups is 1. The second-order valence-electron chi connectivity index (χ2n) is 6.11. The molecule has 5 nitrogen and oxygen atoms in total. The SMILES string of the molecule is O=C(C=Cc1cnn(-c2ccccc2)c1)NCc1csc(-c2ccccc2)n1. The van der Waals surface area contributed by atoms with E-state index in [1.165, 1.54) is 6.08 Å². The number of hydrogen-bond acceptors (Lipinski definition) is 4. The van der Waals surface area contributed by atoms with E-state index in [1.54, 1.807) is 28.3 Å². The zero-order valence-electron chi connectivity index (χ0n) is 15.0. The van der Waals surface area contributed by atoms with E-state index >= 15 is 0 Å². The molecule has 138 valence electrons. The average molecular weight is 386 g/mol. The van der Waals surface area contributed by atoms with Crippen molar-refractivity contribution in [1.29, 1.82) is 0 Å². The molecule has 0 aliphatic rings. The molecule has 0 saturated heterocycles. The molecule has 2 aromatic carbocycles. The minimum absolute atomic E-state index is 0.165. The Kier molecular flexibility index (Phi) is 5.40. The highest BCUT2D eigenvalue weighted by molar-refractivity contribution is 7.13. The van der Waals surface area contributed by atoms with Gasteiger partial charge in [0, 0.05) is 28.8 Å². The van der Waals surface area contributed by atoms with E-state index in [-0.39, 0.29) is 5.91 Å². The molecular formula is C22H18N4OS. The molecule has 0 aliphatic heterocycles. The summed E-state index contributed by atoms with van der Waals surface area (Å²) >= 11 is 1.57. The van der Waals surface area contributed by atoms with Crippen molar-refractivity contribution in [3.63, 3.8) is 0 Å². The van der Waals surface area contributed by atoms with Gasteiger partial charge in [-0.15, -0.1) is 11.3 Å². The van der Waals surface area contributed by atoms with Gasteiger partial charge in [0.25, 0.3) is 0 Å². The minimum Gasteiger partial charge on any atom is -0.347 e. The zero-order valence-corrected chi connectivity index (χ0v) is 15.8. The number of aromatic nitrogens is 3. The minimum atomic E-state index is -0.165. The van der Waals surface area contributed by atoms with Crippen LogP contribution in [0.2, 0.25) is 0 Å². The molecule has 2 heterocycles. The van der Waals surface area contributed by atoms with Crippen LogP contribution in [0, 0.1) is 0 Å². The Labute approximate surface area is 167 Å². The van der Waals surface area contributed by atoms with Crippen LogP contribution in [0.1, 0.15) is 11.3 Å². The predicted molar refractivity (Wildman–Crippen MR) is 112 cm³/mol. The van der Waals surface area contributed by atoms with E-state index in [9.17, 15) is 4.79 Å². The van der Waals surface area contributed by atoms with E-state index in [1.807, 2.05) is 72.2 Å². The number of para-hydroxylation sites is 1. The van der Waals surface area contributed by atoms with Crippen LogP contribution in [-0.2, 0) is 11.3 Å². The fourth-order valence-electron chi connectivity index (χ4n) is 2.65. The molecule has 0 fully saturated rings. The van der Waals surface area contributed by atoms with Crippen LogP contribution < -0.4 is 5.32 Å². The molecular weight excluding hydrogens is 368 g/mol. The third-order valence-corrected chi connectivity index (χ3v) is 5.01. The van der Waals surface area contributed by atoms with Crippen LogP contribution in [-0.4, -0.2) is 20.7 Å². The second kappa shape index (κ2) is 8.45. The second-order valence-corrected chi connectivity index (χ2v) is 6.97. The number of thiazole rings is 1. The first-order valence-corrected chi connectivity index (χ1v) is 9.72. The molecule has 0 aliphatic carbocycles. The van der Waals surface area contributed by atoms with Crippen molar-refractivity contribution in [2.75, 3.05) is 0 Å². The number of benzene rings is 2. The highest BCUT2D eigenvalue weighted by Gasteiger charge is 2.05. The summed E-state index contributed by atoms with van der Waals surface area (Å²) in [6, 6.07) is 19.8. The number of nitrogens with one attached hydrogen (secondary N) is 1. The summed E-state index contributed by atoms with van der Waals surface area (Å²) in [4.78, 5) is 16.7. The molecule has 0 radical (unpaired) electrons. The normalized spacial score (nSPS) is 11.0. The van der Waals surface area contributed by atoms with Crippen molar-refractivity contribution in [3.05, 3.63) is 95.8 Å². The fourth-order valence-corrected chi connectivity index (χ4v) is 3.48. The van der Waals surface area contributed by atoms with Gasteiger partial charge in [-0.05, 0) is 18.2 Å². The topological polar surface area (TPSA) is 59.8 Å². The van der Waals surface area contributed by atoms with Gasteiger partial charge in [-0.1, -0.05) is 48.5 Å². The van der Waals surface area contributed by atoms with Crippen LogP contribution in [0.15, 0.2) is 84.5 Å². The van der Waals surface area contributed by atoms with Gasteiger partial charge in [-0.3, -0.25) is 4.79 Å². The van der Waals surface area contributed by atoms with E-state index in [0.717, 1.165) is 27.5 Å². The lowest BCUT2D eigenvalue weighted by atomic mass is 10.2. The summed E-state index contributed by atoms with van der Waals surface area (Å²) in [7, 11) is 0. The number of amides is 1. The van der Waals surface area contributed by atoms with Crippen molar-refractivity contribution in [1.82, 2.24) is 20.1 Å². The number of rotatable bonds is 6. The Bertz CT molecular complexity index is 1080. The summed E-state index contributed by atoms with van der Waals surface area (Å²) in [5, 5.41) is 10.1. The van der Waals surface area contributed by atoms with E-state index in [2.05, 4.69) is 15.4 Å². The van der Waals surface area contributed by atoms with Gasteiger partial charge in [0.1, 0.15) is 5.01 Å². The summed E-state index contributed by atoms with van der Waals surface area (Å²) in [5.41, 5.74) is 3.77. The molecule has 6 heteroatoms. The van der Waals surface area contributed by atoms with Gasteiger partial charge in [-0.2, -0.15) is 5.10 Å². The third kappa shape index (κ3) is 4.42. The van der Waals surface area contributed by atoms with Gasteiger partial charge in [0.15, 0.2) is 0 Å². The molecule has 0 saturated carbocycles. The Morgan fingerprint density at radius 1 is 1.07 bits per heavy atom. The molecule has 1 N–H and O–H groups in total.